The molecule has 0 radical (unpaired) electrons. The number of carboxylic acid groups (broad SMARTS) is 1. The van der Waals surface area contributed by atoms with Crippen LogP contribution in [0.15, 0.2) is 30.8 Å². The van der Waals surface area contributed by atoms with E-state index in [1.165, 1.54) is 5.51 Å². The smallest absolute Gasteiger partial charge is 0.356 e. The number of carboxylic acids is 1. The van der Waals surface area contributed by atoms with E-state index < -0.39 is 21.7 Å². The predicted molar refractivity (Wildman–Crippen MR) is 86.5 cm³/mol. The van der Waals surface area contributed by atoms with Gasteiger partial charge in [0, 0.05) is 8.95 Å². The third-order valence-electron chi connectivity index (χ3n) is 2.40. The summed E-state index contributed by atoms with van der Waals surface area (Å²) in [6.45, 7) is 1.86. The Morgan fingerprint density at radius 3 is 2.43 bits per heavy atom. The molecule has 0 spiro atoms. The number of anilines is 1. The first-order chi connectivity index (χ1) is 9.72. The summed E-state index contributed by atoms with van der Waals surface area (Å²) in [5, 5.41) is 8.96. The summed E-state index contributed by atoms with van der Waals surface area (Å²) < 4.78 is 27.8. The van der Waals surface area contributed by atoms with Crippen molar-refractivity contribution in [1.29, 1.82) is 0 Å². The van der Waals surface area contributed by atoms with Crippen LogP contribution in [0.3, 0.4) is 0 Å². The molecule has 2 aromatic rings. The van der Waals surface area contributed by atoms with Crippen LogP contribution >= 0.6 is 43.2 Å². The SMILES string of the molecule is Cc1cc(Br)c(NS(=O)(=O)c2scnc2C(=O)O)c(Br)c1. The summed E-state index contributed by atoms with van der Waals surface area (Å²) in [6.07, 6.45) is 0. The molecule has 0 bridgehead atoms. The summed E-state index contributed by atoms with van der Waals surface area (Å²) in [4.78, 5) is 14.6. The fourth-order valence-electron chi connectivity index (χ4n) is 1.55. The number of halogens is 2. The third-order valence-corrected chi connectivity index (χ3v) is 6.37. The summed E-state index contributed by atoms with van der Waals surface area (Å²) in [7, 11) is -4.04. The molecular formula is C11H8Br2N2O4S2. The lowest BCUT2D eigenvalue weighted by molar-refractivity contribution is 0.0687. The molecule has 1 aromatic carbocycles. The number of aryl methyl sites for hydroxylation is 1. The maximum Gasteiger partial charge on any atom is 0.356 e. The normalized spacial score (nSPS) is 11.4. The first-order valence-electron chi connectivity index (χ1n) is 5.37. The van der Waals surface area contributed by atoms with Crippen molar-refractivity contribution < 1.29 is 18.3 Å². The van der Waals surface area contributed by atoms with Crippen LogP contribution in [-0.4, -0.2) is 24.5 Å². The Hall–Kier alpha value is -0.970. The van der Waals surface area contributed by atoms with E-state index in [0.717, 1.165) is 16.9 Å². The fraction of sp³-hybridized carbons (Fsp3) is 0.0909. The lowest BCUT2D eigenvalue weighted by Gasteiger charge is -2.11. The molecule has 10 heteroatoms. The zero-order chi connectivity index (χ0) is 15.8. The van der Waals surface area contributed by atoms with Gasteiger partial charge in [0.1, 0.15) is 0 Å². The maximum atomic E-state index is 12.3. The molecule has 2 rings (SSSR count). The molecular weight excluding hydrogens is 448 g/mol. The zero-order valence-corrected chi connectivity index (χ0v) is 15.2. The second-order valence-corrected chi connectivity index (χ2v) is 8.44. The van der Waals surface area contributed by atoms with Crippen molar-refractivity contribution in [2.75, 3.05) is 4.72 Å². The van der Waals surface area contributed by atoms with Crippen molar-refractivity contribution in [2.45, 2.75) is 11.1 Å². The number of nitrogens with one attached hydrogen (secondary N) is 1. The number of hydrogen-bond donors (Lipinski definition) is 2. The highest BCUT2D eigenvalue weighted by atomic mass is 79.9. The number of nitrogens with zero attached hydrogens (tertiary/aromatic N) is 1. The minimum Gasteiger partial charge on any atom is -0.476 e. The largest absolute Gasteiger partial charge is 0.476 e. The minimum atomic E-state index is -4.04. The topological polar surface area (TPSA) is 96.4 Å². The summed E-state index contributed by atoms with van der Waals surface area (Å²) in [5.41, 5.74) is 1.91. The molecule has 0 aliphatic rings. The molecule has 21 heavy (non-hydrogen) atoms. The molecule has 6 nitrogen and oxygen atoms in total. The Morgan fingerprint density at radius 1 is 1.33 bits per heavy atom. The van der Waals surface area contributed by atoms with E-state index in [1.807, 2.05) is 6.92 Å². The molecule has 0 atom stereocenters. The Kier molecular flexibility index (Phi) is 4.71. The molecule has 1 aromatic heterocycles. The molecule has 0 aliphatic carbocycles. The van der Waals surface area contributed by atoms with Gasteiger partial charge in [0.15, 0.2) is 9.90 Å². The number of aromatic carboxylic acids is 1. The van der Waals surface area contributed by atoms with E-state index in [4.69, 9.17) is 5.11 Å². The minimum absolute atomic E-state index is 0.297. The van der Waals surface area contributed by atoms with E-state index in [-0.39, 0.29) is 4.21 Å². The van der Waals surface area contributed by atoms with Gasteiger partial charge in [-0.05, 0) is 56.5 Å². The van der Waals surface area contributed by atoms with Crippen LogP contribution in [0.1, 0.15) is 16.1 Å². The van der Waals surface area contributed by atoms with Gasteiger partial charge in [-0.3, -0.25) is 4.72 Å². The standard InChI is InChI=1S/C11H8Br2N2O4S2/c1-5-2-6(12)8(7(13)3-5)15-21(18,19)11-9(10(16)17)14-4-20-11/h2-4,15H,1H3,(H,16,17). The molecule has 0 saturated carbocycles. The summed E-state index contributed by atoms with van der Waals surface area (Å²) >= 11 is 7.30. The van der Waals surface area contributed by atoms with E-state index in [9.17, 15) is 13.2 Å². The average molecular weight is 456 g/mol. The predicted octanol–water partition coefficient (Wildman–Crippen LogP) is 3.48. The molecule has 0 saturated heterocycles. The van der Waals surface area contributed by atoms with Gasteiger partial charge in [0.05, 0.1) is 11.2 Å². The van der Waals surface area contributed by atoms with Gasteiger partial charge < -0.3 is 5.11 Å². The Morgan fingerprint density at radius 2 is 1.90 bits per heavy atom. The molecule has 0 unspecified atom stereocenters. The van der Waals surface area contributed by atoms with Gasteiger partial charge in [-0.15, -0.1) is 11.3 Å². The van der Waals surface area contributed by atoms with Gasteiger partial charge in [-0.25, -0.2) is 18.2 Å². The van der Waals surface area contributed by atoms with E-state index in [1.54, 1.807) is 12.1 Å². The first-order valence-corrected chi connectivity index (χ1v) is 9.32. The number of aromatic nitrogens is 1. The highest BCUT2D eigenvalue weighted by Gasteiger charge is 2.27. The molecule has 0 amide bonds. The van der Waals surface area contributed by atoms with Gasteiger partial charge in [-0.1, -0.05) is 0 Å². The molecule has 0 fully saturated rings. The molecule has 112 valence electrons. The molecule has 1 heterocycles. The van der Waals surface area contributed by atoms with Gasteiger partial charge >= 0.3 is 5.97 Å². The number of hydrogen-bond acceptors (Lipinski definition) is 5. The highest BCUT2D eigenvalue weighted by Crippen LogP contribution is 2.34. The van der Waals surface area contributed by atoms with Crippen LogP contribution < -0.4 is 4.72 Å². The van der Waals surface area contributed by atoms with Crippen LogP contribution in [0, 0.1) is 6.92 Å². The van der Waals surface area contributed by atoms with E-state index in [0.29, 0.717) is 14.6 Å². The quantitative estimate of drug-likeness (QED) is 0.735. The second kappa shape index (κ2) is 6.03. The van der Waals surface area contributed by atoms with Crippen molar-refractivity contribution in [3.05, 3.63) is 37.8 Å². The van der Waals surface area contributed by atoms with Crippen LogP contribution in [-0.2, 0) is 10.0 Å². The van der Waals surface area contributed by atoms with Crippen molar-refractivity contribution in [2.24, 2.45) is 0 Å². The number of sulfonamides is 1. The summed E-state index contributed by atoms with van der Waals surface area (Å²) in [5.74, 6) is -1.39. The Bertz CT molecular complexity index is 794. The van der Waals surface area contributed by atoms with Gasteiger partial charge in [-0.2, -0.15) is 0 Å². The zero-order valence-electron chi connectivity index (χ0n) is 10.4. The van der Waals surface area contributed by atoms with E-state index >= 15 is 0 Å². The Balaban J connectivity index is 2.48. The van der Waals surface area contributed by atoms with E-state index in [2.05, 4.69) is 41.6 Å². The maximum absolute atomic E-state index is 12.3. The Labute approximate surface area is 141 Å². The van der Waals surface area contributed by atoms with Gasteiger partial charge in [0.25, 0.3) is 10.0 Å². The summed E-state index contributed by atoms with van der Waals surface area (Å²) in [6, 6.07) is 3.49. The number of benzene rings is 1. The average Bonchev–Trinajstić information content (AvgIpc) is 2.83. The van der Waals surface area contributed by atoms with Crippen LogP contribution in [0.4, 0.5) is 5.69 Å². The van der Waals surface area contributed by atoms with Crippen LogP contribution in [0.2, 0.25) is 0 Å². The lowest BCUT2D eigenvalue weighted by atomic mass is 10.2. The van der Waals surface area contributed by atoms with Crippen molar-refractivity contribution in [1.82, 2.24) is 4.98 Å². The van der Waals surface area contributed by atoms with Crippen LogP contribution in [0.25, 0.3) is 0 Å². The second-order valence-electron chi connectivity index (χ2n) is 4.00. The van der Waals surface area contributed by atoms with Gasteiger partial charge in [0.2, 0.25) is 0 Å². The number of thiazole rings is 1. The van der Waals surface area contributed by atoms with Crippen molar-refractivity contribution >= 4 is 64.9 Å². The lowest BCUT2D eigenvalue weighted by Crippen LogP contribution is -2.16. The van der Waals surface area contributed by atoms with Crippen molar-refractivity contribution in [3.8, 4) is 0 Å². The third kappa shape index (κ3) is 3.44. The highest BCUT2D eigenvalue weighted by molar-refractivity contribution is 9.11. The van der Waals surface area contributed by atoms with Crippen molar-refractivity contribution in [3.63, 3.8) is 0 Å². The number of carbonyl (C=O) groups is 1. The molecule has 0 aliphatic heterocycles. The first kappa shape index (κ1) is 16.4. The van der Waals surface area contributed by atoms with Crippen LogP contribution in [0.5, 0.6) is 0 Å². The fourth-order valence-corrected chi connectivity index (χ4v) is 5.66. The monoisotopic (exact) mass is 454 g/mol. The molecule has 2 N–H and O–H groups in total. The number of rotatable bonds is 4.